The third kappa shape index (κ3) is 3.67. The van der Waals surface area contributed by atoms with Crippen LogP contribution in [0.2, 0.25) is 5.02 Å². The Morgan fingerprint density at radius 1 is 1.25 bits per heavy atom. The van der Waals surface area contributed by atoms with Crippen molar-refractivity contribution < 1.29 is 4.79 Å². The number of nitrogens with zero attached hydrogens (tertiary/aromatic N) is 4. The highest BCUT2D eigenvalue weighted by molar-refractivity contribution is 6.30. The first-order valence-electron chi connectivity index (χ1n) is 9.54. The molecule has 28 heavy (non-hydrogen) atoms. The first-order valence-corrected chi connectivity index (χ1v) is 9.92. The summed E-state index contributed by atoms with van der Waals surface area (Å²) in [5.41, 5.74) is 2.41. The fourth-order valence-electron chi connectivity index (χ4n) is 3.39. The maximum atomic E-state index is 12.0. The number of hydrogen-bond acceptors (Lipinski definition) is 5. The summed E-state index contributed by atoms with van der Waals surface area (Å²) < 4.78 is 1.79. The monoisotopic (exact) mass is 398 g/mol. The lowest BCUT2D eigenvalue weighted by molar-refractivity contribution is -0.127. The molecular formula is C20H23ClN6O. The molecular weight excluding hydrogens is 376 g/mol. The van der Waals surface area contributed by atoms with Gasteiger partial charge in [-0.2, -0.15) is 5.10 Å². The zero-order valence-electron chi connectivity index (χ0n) is 16.0. The van der Waals surface area contributed by atoms with E-state index in [1.54, 1.807) is 4.68 Å². The second-order valence-corrected chi connectivity index (χ2v) is 7.58. The number of hydrogen-bond donors (Lipinski definition) is 2. The van der Waals surface area contributed by atoms with E-state index < -0.39 is 0 Å². The van der Waals surface area contributed by atoms with Crippen molar-refractivity contribution >= 4 is 34.4 Å². The van der Waals surface area contributed by atoms with Crippen LogP contribution in [0.4, 0.5) is 5.82 Å². The Morgan fingerprint density at radius 3 is 2.79 bits per heavy atom. The van der Waals surface area contributed by atoms with Gasteiger partial charge in [-0.15, -0.1) is 0 Å². The molecule has 0 aliphatic heterocycles. The average molecular weight is 399 g/mol. The predicted molar refractivity (Wildman–Crippen MR) is 110 cm³/mol. The number of benzene rings is 1. The fourth-order valence-corrected chi connectivity index (χ4v) is 3.57. The molecule has 1 amide bonds. The third-order valence-electron chi connectivity index (χ3n) is 5.06. The van der Waals surface area contributed by atoms with E-state index in [9.17, 15) is 4.79 Å². The zero-order chi connectivity index (χ0) is 19.7. The van der Waals surface area contributed by atoms with Crippen molar-refractivity contribution in [3.8, 4) is 5.69 Å². The standard InChI is InChI=1S/C20H23ClN6O/c1-12-17-18(22-9-10-23-20(28)14-5-3-6-14)24-13(2)25-19(17)27(26-12)16-8-4-7-15(21)11-16/h4,7-8,11,14H,3,5-6,9-10H2,1-2H3,(H,23,28)(H,22,24,25). The maximum Gasteiger partial charge on any atom is 0.223 e. The summed E-state index contributed by atoms with van der Waals surface area (Å²) in [6, 6.07) is 7.51. The topological polar surface area (TPSA) is 84.7 Å². The van der Waals surface area contributed by atoms with Gasteiger partial charge in [0.15, 0.2) is 5.65 Å². The largest absolute Gasteiger partial charge is 0.368 e. The maximum absolute atomic E-state index is 12.0. The summed E-state index contributed by atoms with van der Waals surface area (Å²) in [6.07, 6.45) is 3.17. The molecule has 2 heterocycles. The molecule has 0 saturated heterocycles. The minimum absolute atomic E-state index is 0.155. The number of fused-ring (bicyclic) bond motifs is 1. The molecule has 0 bridgehead atoms. The van der Waals surface area contributed by atoms with Crippen molar-refractivity contribution in [1.29, 1.82) is 0 Å². The molecule has 1 aliphatic rings. The second-order valence-electron chi connectivity index (χ2n) is 7.14. The van der Waals surface area contributed by atoms with Gasteiger partial charge in [-0.3, -0.25) is 4.79 Å². The van der Waals surface area contributed by atoms with Crippen LogP contribution in [0, 0.1) is 19.8 Å². The number of aryl methyl sites for hydroxylation is 2. The van der Waals surface area contributed by atoms with Gasteiger partial charge in [0, 0.05) is 24.0 Å². The molecule has 146 valence electrons. The molecule has 0 unspecified atom stereocenters. The van der Waals surface area contributed by atoms with E-state index >= 15 is 0 Å². The molecule has 0 spiro atoms. The second kappa shape index (κ2) is 7.75. The molecule has 2 aromatic heterocycles. The van der Waals surface area contributed by atoms with Gasteiger partial charge in [0.05, 0.1) is 16.8 Å². The van der Waals surface area contributed by atoms with Crippen molar-refractivity contribution in [3.63, 3.8) is 0 Å². The Bertz CT molecular complexity index is 1030. The lowest BCUT2D eigenvalue weighted by Gasteiger charge is -2.24. The molecule has 4 rings (SSSR count). The van der Waals surface area contributed by atoms with Crippen molar-refractivity contribution in [2.75, 3.05) is 18.4 Å². The smallest absolute Gasteiger partial charge is 0.223 e. The fraction of sp³-hybridized carbons (Fsp3) is 0.400. The van der Waals surface area contributed by atoms with Crippen LogP contribution in [0.3, 0.4) is 0 Å². The number of amides is 1. The summed E-state index contributed by atoms with van der Waals surface area (Å²) in [6.45, 7) is 4.94. The van der Waals surface area contributed by atoms with E-state index in [-0.39, 0.29) is 11.8 Å². The molecule has 3 aromatic rings. The van der Waals surface area contributed by atoms with Crippen LogP contribution in [0.15, 0.2) is 24.3 Å². The van der Waals surface area contributed by atoms with Crippen LogP contribution >= 0.6 is 11.6 Å². The molecule has 8 heteroatoms. The molecule has 0 atom stereocenters. The number of nitrogens with one attached hydrogen (secondary N) is 2. The van der Waals surface area contributed by atoms with Crippen molar-refractivity contribution in [3.05, 3.63) is 40.8 Å². The van der Waals surface area contributed by atoms with Crippen LogP contribution in [0.25, 0.3) is 16.7 Å². The van der Waals surface area contributed by atoms with Gasteiger partial charge in [-0.05, 0) is 44.9 Å². The number of anilines is 1. The van der Waals surface area contributed by atoms with Gasteiger partial charge in [0.2, 0.25) is 5.91 Å². The van der Waals surface area contributed by atoms with Gasteiger partial charge < -0.3 is 10.6 Å². The number of aromatic nitrogens is 4. The molecule has 1 aromatic carbocycles. The van der Waals surface area contributed by atoms with Gasteiger partial charge in [0.25, 0.3) is 0 Å². The summed E-state index contributed by atoms with van der Waals surface area (Å²) in [7, 11) is 0. The Labute approximate surface area is 168 Å². The van der Waals surface area contributed by atoms with Gasteiger partial charge in [0.1, 0.15) is 11.6 Å². The minimum Gasteiger partial charge on any atom is -0.368 e. The Kier molecular flexibility index (Phi) is 5.17. The number of halogens is 1. The summed E-state index contributed by atoms with van der Waals surface area (Å²) in [5.74, 6) is 1.73. The van der Waals surface area contributed by atoms with Crippen LogP contribution in [-0.4, -0.2) is 38.7 Å². The Balaban J connectivity index is 1.56. The van der Waals surface area contributed by atoms with Crippen molar-refractivity contribution in [2.24, 2.45) is 5.92 Å². The van der Waals surface area contributed by atoms with E-state index in [0.717, 1.165) is 47.5 Å². The Hall–Kier alpha value is -2.67. The van der Waals surface area contributed by atoms with Crippen LogP contribution in [0.5, 0.6) is 0 Å². The van der Waals surface area contributed by atoms with Gasteiger partial charge in [-0.25, -0.2) is 14.6 Å². The molecule has 1 fully saturated rings. The Morgan fingerprint density at radius 2 is 2.07 bits per heavy atom. The number of carbonyl (C=O) groups is 1. The van der Waals surface area contributed by atoms with Gasteiger partial charge in [-0.1, -0.05) is 24.1 Å². The molecule has 7 nitrogen and oxygen atoms in total. The van der Waals surface area contributed by atoms with Gasteiger partial charge >= 0.3 is 0 Å². The quantitative estimate of drug-likeness (QED) is 0.621. The highest BCUT2D eigenvalue weighted by atomic mass is 35.5. The van der Waals surface area contributed by atoms with Crippen molar-refractivity contribution in [1.82, 2.24) is 25.1 Å². The van der Waals surface area contributed by atoms with E-state index in [1.165, 1.54) is 0 Å². The lowest BCUT2D eigenvalue weighted by Crippen LogP contribution is -2.37. The van der Waals surface area contributed by atoms with E-state index in [4.69, 9.17) is 11.6 Å². The average Bonchev–Trinajstić information content (AvgIpc) is 2.93. The SMILES string of the molecule is Cc1nc(NCCNC(=O)C2CCC2)c2c(C)nn(-c3cccc(Cl)c3)c2n1. The summed E-state index contributed by atoms with van der Waals surface area (Å²) in [4.78, 5) is 21.1. The lowest BCUT2D eigenvalue weighted by atomic mass is 9.85. The zero-order valence-corrected chi connectivity index (χ0v) is 16.8. The first-order chi connectivity index (χ1) is 13.5. The third-order valence-corrected chi connectivity index (χ3v) is 5.29. The van der Waals surface area contributed by atoms with Crippen molar-refractivity contribution in [2.45, 2.75) is 33.1 Å². The van der Waals surface area contributed by atoms with Crippen LogP contribution in [0.1, 0.15) is 30.8 Å². The highest BCUT2D eigenvalue weighted by Gasteiger charge is 2.24. The predicted octanol–water partition coefficient (Wildman–Crippen LogP) is 3.41. The van der Waals surface area contributed by atoms with Crippen LogP contribution in [-0.2, 0) is 4.79 Å². The summed E-state index contributed by atoms with van der Waals surface area (Å²) >= 11 is 6.14. The summed E-state index contributed by atoms with van der Waals surface area (Å²) in [5, 5.41) is 12.5. The number of rotatable bonds is 6. The molecule has 0 radical (unpaired) electrons. The first kappa shape index (κ1) is 18.7. The van der Waals surface area contributed by atoms with E-state index in [1.807, 2.05) is 38.1 Å². The molecule has 1 saturated carbocycles. The molecule has 1 aliphatic carbocycles. The van der Waals surface area contributed by atoms with E-state index in [2.05, 4.69) is 25.7 Å². The van der Waals surface area contributed by atoms with E-state index in [0.29, 0.717) is 23.9 Å². The number of carbonyl (C=O) groups excluding carboxylic acids is 1. The molecule has 2 N–H and O–H groups in total. The highest BCUT2D eigenvalue weighted by Crippen LogP contribution is 2.27. The van der Waals surface area contributed by atoms with Crippen LogP contribution < -0.4 is 10.6 Å². The minimum atomic E-state index is 0.155. The normalized spacial score (nSPS) is 14.1.